The molecule has 0 spiro atoms. The Morgan fingerprint density at radius 2 is 2.05 bits per heavy atom. The highest BCUT2D eigenvalue weighted by Crippen LogP contribution is 2.34. The molecule has 3 rings (SSSR count). The van der Waals surface area contributed by atoms with Gasteiger partial charge in [0.15, 0.2) is 11.5 Å². The fourth-order valence-corrected chi connectivity index (χ4v) is 2.89. The van der Waals surface area contributed by atoms with Crippen molar-refractivity contribution in [3.05, 3.63) is 23.8 Å². The highest BCUT2D eigenvalue weighted by Gasteiger charge is 2.25. The van der Waals surface area contributed by atoms with Gasteiger partial charge in [-0.3, -0.25) is 4.90 Å². The summed E-state index contributed by atoms with van der Waals surface area (Å²) >= 11 is 0. The zero-order valence-electron chi connectivity index (χ0n) is 11.9. The van der Waals surface area contributed by atoms with E-state index in [9.17, 15) is 0 Å². The molecule has 2 unspecified atom stereocenters. The molecule has 1 aromatic rings. The Hall–Kier alpha value is -1.30. The predicted molar refractivity (Wildman–Crippen MR) is 76.2 cm³/mol. The number of rotatable bonds is 3. The fourth-order valence-electron chi connectivity index (χ4n) is 2.89. The van der Waals surface area contributed by atoms with Gasteiger partial charge in [0.05, 0.1) is 12.7 Å². The number of benzene rings is 1. The van der Waals surface area contributed by atoms with Gasteiger partial charge < -0.3 is 19.9 Å². The van der Waals surface area contributed by atoms with Crippen molar-refractivity contribution in [2.75, 3.05) is 39.5 Å². The molecule has 5 heteroatoms. The van der Waals surface area contributed by atoms with E-state index >= 15 is 0 Å². The summed E-state index contributed by atoms with van der Waals surface area (Å²) in [5, 5.41) is 0. The third kappa shape index (κ3) is 2.75. The van der Waals surface area contributed by atoms with Crippen molar-refractivity contribution < 1.29 is 14.2 Å². The van der Waals surface area contributed by atoms with Gasteiger partial charge in [-0.2, -0.15) is 0 Å². The Balaban J connectivity index is 1.81. The number of ether oxygens (including phenoxy) is 3. The highest BCUT2D eigenvalue weighted by atomic mass is 16.6. The number of nitrogens with two attached hydrogens (primary N) is 1. The summed E-state index contributed by atoms with van der Waals surface area (Å²) in [6, 6.07) is 6.34. The quantitative estimate of drug-likeness (QED) is 0.899. The lowest BCUT2D eigenvalue weighted by Crippen LogP contribution is -2.45. The van der Waals surface area contributed by atoms with Crippen LogP contribution in [0.15, 0.2) is 18.2 Å². The van der Waals surface area contributed by atoms with Crippen molar-refractivity contribution in [1.82, 2.24) is 4.90 Å². The highest BCUT2D eigenvalue weighted by molar-refractivity contribution is 5.44. The molecule has 0 saturated carbocycles. The Labute approximate surface area is 119 Å². The van der Waals surface area contributed by atoms with Crippen LogP contribution in [0.5, 0.6) is 11.5 Å². The van der Waals surface area contributed by atoms with Crippen LogP contribution in [-0.4, -0.2) is 50.5 Å². The molecule has 5 nitrogen and oxygen atoms in total. The minimum absolute atomic E-state index is 0.206. The second-order valence-corrected chi connectivity index (χ2v) is 5.33. The smallest absolute Gasteiger partial charge is 0.161 e. The van der Waals surface area contributed by atoms with E-state index in [4.69, 9.17) is 19.9 Å². The van der Waals surface area contributed by atoms with Crippen molar-refractivity contribution in [3.8, 4) is 11.5 Å². The maximum absolute atomic E-state index is 6.00. The first-order valence-corrected chi connectivity index (χ1v) is 7.23. The molecule has 0 radical (unpaired) electrons. The van der Waals surface area contributed by atoms with Crippen molar-refractivity contribution in [2.45, 2.75) is 19.1 Å². The van der Waals surface area contributed by atoms with E-state index in [1.54, 1.807) is 0 Å². The number of hydrogen-bond donors (Lipinski definition) is 1. The molecule has 1 saturated heterocycles. The summed E-state index contributed by atoms with van der Waals surface area (Å²) in [7, 11) is 0. The van der Waals surface area contributed by atoms with Crippen molar-refractivity contribution in [1.29, 1.82) is 0 Å². The SMILES string of the molecule is CC1CN(C(CN)c2ccc3c(c2)OCCO3)CCO1. The molecule has 2 atom stereocenters. The minimum atomic E-state index is 0.206. The largest absolute Gasteiger partial charge is 0.486 e. The third-order valence-corrected chi connectivity index (χ3v) is 3.89. The Morgan fingerprint density at radius 3 is 2.80 bits per heavy atom. The Kier molecular flexibility index (Phi) is 4.10. The van der Waals surface area contributed by atoms with Crippen LogP contribution in [0, 0.1) is 0 Å². The zero-order valence-corrected chi connectivity index (χ0v) is 11.9. The Morgan fingerprint density at radius 1 is 1.25 bits per heavy atom. The maximum atomic E-state index is 6.00. The molecule has 1 aromatic carbocycles. The van der Waals surface area contributed by atoms with E-state index in [1.165, 1.54) is 5.56 Å². The predicted octanol–water partition coefficient (Wildman–Crippen LogP) is 1.18. The Bertz CT molecular complexity index is 466. The van der Waals surface area contributed by atoms with Crippen LogP contribution in [0.25, 0.3) is 0 Å². The molecule has 0 aromatic heterocycles. The van der Waals surface area contributed by atoms with Gasteiger partial charge in [0.2, 0.25) is 0 Å². The third-order valence-electron chi connectivity index (χ3n) is 3.89. The van der Waals surface area contributed by atoms with Gasteiger partial charge in [-0.15, -0.1) is 0 Å². The van der Waals surface area contributed by atoms with Gasteiger partial charge in [0, 0.05) is 25.7 Å². The number of hydrogen-bond acceptors (Lipinski definition) is 5. The summed E-state index contributed by atoms with van der Waals surface area (Å²) in [5.74, 6) is 1.65. The molecule has 0 amide bonds. The molecular formula is C15H22N2O3. The number of fused-ring (bicyclic) bond motifs is 1. The van der Waals surface area contributed by atoms with Gasteiger partial charge in [0.25, 0.3) is 0 Å². The topological polar surface area (TPSA) is 57.0 Å². The molecule has 0 aliphatic carbocycles. The van der Waals surface area contributed by atoms with E-state index in [2.05, 4.69) is 24.0 Å². The van der Waals surface area contributed by atoms with Crippen LogP contribution in [-0.2, 0) is 4.74 Å². The van der Waals surface area contributed by atoms with Crippen LogP contribution in [0.1, 0.15) is 18.5 Å². The van der Waals surface area contributed by atoms with Gasteiger partial charge in [-0.25, -0.2) is 0 Å². The first-order chi connectivity index (χ1) is 9.78. The summed E-state index contributed by atoms with van der Waals surface area (Å²) < 4.78 is 16.8. The van der Waals surface area contributed by atoms with Crippen LogP contribution >= 0.6 is 0 Å². The van der Waals surface area contributed by atoms with Gasteiger partial charge in [0.1, 0.15) is 13.2 Å². The van der Waals surface area contributed by atoms with E-state index in [1.807, 2.05) is 6.07 Å². The number of nitrogens with zero attached hydrogens (tertiary/aromatic N) is 1. The second kappa shape index (κ2) is 5.99. The summed E-state index contributed by atoms with van der Waals surface area (Å²) in [6.07, 6.45) is 0.259. The van der Waals surface area contributed by atoms with Crippen molar-refractivity contribution in [3.63, 3.8) is 0 Å². The lowest BCUT2D eigenvalue weighted by atomic mass is 10.0. The van der Waals surface area contributed by atoms with Crippen LogP contribution in [0.4, 0.5) is 0 Å². The lowest BCUT2D eigenvalue weighted by Gasteiger charge is -2.37. The lowest BCUT2D eigenvalue weighted by molar-refractivity contribution is -0.0333. The first-order valence-electron chi connectivity index (χ1n) is 7.23. The summed E-state index contributed by atoms with van der Waals surface area (Å²) in [6.45, 7) is 6.51. The maximum Gasteiger partial charge on any atom is 0.161 e. The monoisotopic (exact) mass is 278 g/mol. The zero-order chi connectivity index (χ0) is 13.9. The van der Waals surface area contributed by atoms with E-state index in [0.29, 0.717) is 19.8 Å². The van der Waals surface area contributed by atoms with Crippen molar-refractivity contribution in [2.24, 2.45) is 5.73 Å². The molecule has 20 heavy (non-hydrogen) atoms. The normalized spacial score (nSPS) is 24.4. The molecule has 110 valence electrons. The molecular weight excluding hydrogens is 256 g/mol. The van der Waals surface area contributed by atoms with Gasteiger partial charge in [-0.1, -0.05) is 6.07 Å². The molecule has 0 bridgehead atoms. The first kappa shape index (κ1) is 13.7. The molecule has 2 aliphatic heterocycles. The van der Waals surface area contributed by atoms with Crippen LogP contribution in [0.3, 0.4) is 0 Å². The standard InChI is InChI=1S/C15H22N2O3/c1-11-10-17(4-5-18-11)13(9-16)12-2-3-14-15(8-12)20-7-6-19-14/h2-3,8,11,13H,4-7,9-10,16H2,1H3. The van der Waals surface area contributed by atoms with Crippen LogP contribution in [0.2, 0.25) is 0 Å². The summed E-state index contributed by atoms with van der Waals surface area (Å²) in [4.78, 5) is 2.39. The molecule has 2 heterocycles. The summed E-state index contributed by atoms with van der Waals surface area (Å²) in [5.41, 5.74) is 7.19. The fraction of sp³-hybridized carbons (Fsp3) is 0.600. The molecule has 2 aliphatic rings. The second-order valence-electron chi connectivity index (χ2n) is 5.33. The van der Waals surface area contributed by atoms with E-state index in [0.717, 1.165) is 31.2 Å². The molecule has 2 N–H and O–H groups in total. The molecule has 1 fully saturated rings. The van der Waals surface area contributed by atoms with Crippen LogP contribution < -0.4 is 15.2 Å². The van der Waals surface area contributed by atoms with Crippen molar-refractivity contribution >= 4 is 0 Å². The minimum Gasteiger partial charge on any atom is -0.486 e. The van der Waals surface area contributed by atoms with Gasteiger partial charge >= 0.3 is 0 Å². The van der Waals surface area contributed by atoms with E-state index in [-0.39, 0.29) is 12.1 Å². The van der Waals surface area contributed by atoms with Gasteiger partial charge in [-0.05, 0) is 24.6 Å². The van der Waals surface area contributed by atoms with E-state index < -0.39 is 0 Å². The average Bonchev–Trinajstić information content (AvgIpc) is 2.48. The average molecular weight is 278 g/mol. The number of morpholine rings is 1.